The van der Waals surface area contributed by atoms with Gasteiger partial charge < -0.3 is 9.73 Å². The molecule has 4 aromatic rings. The number of carbonyl (C=O) groups is 1. The van der Waals surface area contributed by atoms with Crippen molar-refractivity contribution in [2.24, 2.45) is 0 Å². The molecule has 0 atom stereocenters. The van der Waals surface area contributed by atoms with Crippen LogP contribution in [0.4, 0.5) is 14.5 Å². The molecule has 164 valence electrons. The summed E-state index contributed by atoms with van der Waals surface area (Å²) in [7, 11) is 0. The van der Waals surface area contributed by atoms with Crippen LogP contribution in [0, 0.1) is 11.8 Å². The van der Waals surface area contributed by atoms with Crippen molar-refractivity contribution < 1.29 is 18.0 Å². The number of anilines is 1. The average Bonchev–Trinajstić information content (AvgIpc) is 3.56. The molecule has 0 bridgehead atoms. The zero-order chi connectivity index (χ0) is 22.1. The van der Waals surface area contributed by atoms with Gasteiger partial charge in [-0.2, -0.15) is 14.6 Å². The maximum absolute atomic E-state index is 14.5. The predicted molar refractivity (Wildman–Crippen MR) is 110 cm³/mol. The van der Waals surface area contributed by atoms with Crippen LogP contribution in [0.2, 0.25) is 0 Å². The first-order chi connectivity index (χ1) is 15.6. The van der Waals surface area contributed by atoms with Crippen LogP contribution in [0.15, 0.2) is 41.4 Å². The van der Waals surface area contributed by atoms with Crippen LogP contribution in [-0.4, -0.2) is 35.9 Å². The molecule has 0 radical (unpaired) electrons. The standard InChI is InChI=1S/C21H19F2N7O2/c22-14-6-7-17(23)28-18(14)19-15(10-30(29-19)13-4-2-1-3-5-13)26-20(31)16-11-32-21(27-16)12-8-24-25-9-12/h6-11,13H,1-5H2,(H,24,25)(H,26,31). The summed E-state index contributed by atoms with van der Waals surface area (Å²) < 4.78 is 35.3. The second-order valence-electron chi connectivity index (χ2n) is 7.61. The Bertz CT molecular complexity index is 1240. The minimum absolute atomic E-state index is 0.0187. The van der Waals surface area contributed by atoms with Gasteiger partial charge in [0.1, 0.15) is 17.7 Å². The molecule has 4 aromatic heterocycles. The number of nitrogens with one attached hydrogen (secondary N) is 2. The molecule has 4 heterocycles. The number of nitrogens with zero attached hydrogens (tertiary/aromatic N) is 5. The monoisotopic (exact) mass is 439 g/mol. The van der Waals surface area contributed by atoms with Gasteiger partial charge in [-0.1, -0.05) is 19.3 Å². The van der Waals surface area contributed by atoms with Crippen molar-refractivity contribution in [3.63, 3.8) is 0 Å². The third kappa shape index (κ3) is 3.88. The van der Waals surface area contributed by atoms with Crippen molar-refractivity contribution >= 4 is 11.6 Å². The van der Waals surface area contributed by atoms with E-state index in [9.17, 15) is 13.6 Å². The first kappa shape index (κ1) is 20.0. The lowest BCUT2D eigenvalue weighted by Crippen LogP contribution is -2.14. The summed E-state index contributed by atoms with van der Waals surface area (Å²) in [5.74, 6) is -1.93. The minimum atomic E-state index is -0.841. The highest BCUT2D eigenvalue weighted by molar-refractivity contribution is 6.04. The van der Waals surface area contributed by atoms with Crippen LogP contribution >= 0.6 is 0 Å². The Balaban J connectivity index is 1.48. The van der Waals surface area contributed by atoms with Crippen LogP contribution in [0.5, 0.6) is 0 Å². The zero-order valence-electron chi connectivity index (χ0n) is 16.9. The Labute approximate surface area is 180 Å². The second kappa shape index (κ2) is 8.33. The highest BCUT2D eigenvalue weighted by Gasteiger charge is 2.24. The van der Waals surface area contributed by atoms with Gasteiger partial charge in [0, 0.05) is 12.4 Å². The molecule has 1 aliphatic rings. The fourth-order valence-electron chi connectivity index (χ4n) is 3.84. The fraction of sp³-hybridized carbons (Fsp3) is 0.286. The highest BCUT2D eigenvalue weighted by atomic mass is 19.1. The van der Waals surface area contributed by atoms with E-state index in [1.54, 1.807) is 17.1 Å². The van der Waals surface area contributed by atoms with Gasteiger partial charge in [-0.25, -0.2) is 14.4 Å². The van der Waals surface area contributed by atoms with Crippen LogP contribution < -0.4 is 5.32 Å². The molecular weight excluding hydrogens is 420 g/mol. The van der Waals surface area contributed by atoms with Gasteiger partial charge in [0.15, 0.2) is 11.5 Å². The van der Waals surface area contributed by atoms with Crippen LogP contribution in [0.3, 0.4) is 0 Å². The lowest BCUT2D eigenvalue weighted by Gasteiger charge is -2.21. The summed E-state index contributed by atoms with van der Waals surface area (Å²) >= 11 is 0. The number of H-pyrrole nitrogens is 1. The number of carbonyl (C=O) groups excluding carboxylic acids is 1. The third-order valence-corrected chi connectivity index (χ3v) is 5.45. The van der Waals surface area contributed by atoms with Crippen LogP contribution in [0.1, 0.15) is 48.6 Å². The van der Waals surface area contributed by atoms with E-state index in [-0.39, 0.29) is 34.7 Å². The quantitative estimate of drug-likeness (QED) is 0.447. The molecule has 0 aliphatic heterocycles. The zero-order valence-corrected chi connectivity index (χ0v) is 16.9. The number of aromatic nitrogens is 6. The summed E-state index contributed by atoms with van der Waals surface area (Å²) in [6.07, 6.45) is 11.1. The van der Waals surface area contributed by atoms with E-state index >= 15 is 0 Å². The van der Waals surface area contributed by atoms with E-state index in [0.717, 1.165) is 44.2 Å². The maximum Gasteiger partial charge on any atom is 0.277 e. The van der Waals surface area contributed by atoms with E-state index in [4.69, 9.17) is 4.42 Å². The summed E-state index contributed by atoms with van der Waals surface area (Å²) in [5, 5.41) is 13.6. The lowest BCUT2D eigenvalue weighted by molar-refractivity contribution is 0.102. The Morgan fingerprint density at radius 2 is 2.00 bits per heavy atom. The van der Waals surface area contributed by atoms with Crippen LogP contribution in [0.25, 0.3) is 22.8 Å². The largest absolute Gasteiger partial charge is 0.444 e. The van der Waals surface area contributed by atoms with Gasteiger partial charge in [-0.3, -0.25) is 14.6 Å². The minimum Gasteiger partial charge on any atom is -0.444 e. The van der Waals surface area contributed by atoms with Crippen molar-refractivity contribution in [1.29, 1.82) is 0 Å². The normalized spacial score (nSPS) is 14.6. The van der Waals surface area contributed by atoms with Crippen molar-refractivity contribution in [1.82, 2.24) is 29.9 Å². The maximum atomic E-state index is 14.5. The first-order valence-electron chi connectivity index (χ1n) is 10.3. The van der Waals surface area contributed by atoms with Gasteiger partial charge in [0.05, 0.1) is 23.5 Å². The number of hydrogen-bond donors (Lipinski definition) is 2. The van der Waals surface area contributed by atoms with Crippen LogP contribution in [-0.2, 0) is 0 Å². The number of amides is 1. The fourth-order valence-corrected chi connectivity index (χ4v) is 3.84. The lowest BCUT2D eigenvalue weighted by atomic mass is 9.96. The van der Waals surface area contributed by atoms with E-state index in [1.165, 1.54) is 12.5 Å². The molecule has 0 saturated heterocycles. The molecule has 0 spiro atoms. The van der Waals surface area contributed by atoms with Gasteiger partial charge in [-0.05, 0) is 25.0 Å². The van der Waals surface area contributed by atoms with Crippen molar-refractivity contribution in [2.45, 2.75) is 38.1 Å². The molecule has 11 heteroatoms. The molecule has 2 N–H and O–H groups in total. The SMILES string of the molecule is O=C(Nc1cn(C2CCCCC2)nc1-c1nc(F)ccc1F)c1coc(-c2cn[nH]c2)n1. The Hall–Kier alpha value is -3.89. The molecule has 0 aromatic carbocycles. The molecule has 1 amide bonds. The second-order valence-corrected chi connectivity index (χ2v) is 7.61. The van der Waals surface area contributed by atoms with Gasteiger partial charge >= 0.3 is 0 Å². The third-order valence-electron chi connectivity index (χ3n) is 5.45. The van der Waals surface area contributed by atoms with Gasteiger partial charge in [-0.15, -0.1) is 0 Å². The summed E-state index contributed by atoms with van der Waals surface area (Å²) in [6.45, 7) is 0. The van der Waals surface area contributed by atoms with E-state index in [1.807, 2.05) is 0 Å². The Morgan fingerprint density at radius 1 is 1.16 bits per heavy atom. The van der Waals surface area contributed by atoms with Crippen molar-refractivity contribution in [2.75, 3.05) is 5.32 Å². The highest BCUT2D eigenvalue weighted by Crippen LogP contribution is 2.33. The molecule has 1 aliphatic carbocycles. The number of halogens is 2. The number of aromatic amines is 1. The average molecular weight is 439 g/mol. The number of rotatable bonds is 5. The van der Waals surface area contributed by atoms with E-state index in [0.29, 0.717) is 5.56 Å². The first-order valence-corrected chi connectivity index (χ1v) is 10.3. The smallest absolute Gasteiger partial charge is 0.277 e. The Morgan fingerprint density at radius 3 is 2.78 bits per heavy atom. The number of hydrogen-bond acceptors (Lipinski definition) is 6. The topological polar surface area (TPSA) is 115 Å². The van der Waals surface area contributed by atoms with E-state index in [2.05, 4.69) is 30.6 Å². The van der Waals surface area contributed by atoms with E-state index < -0.39 is 17.7 Å². The number of oxazole rings is 1. The molecule has 1 fully saturated rings. The predicted octanol–water partition coefficient (Wildman–Crippen LogP) is 4.36. The molecular formula is C21H19F2N7O2. The number of pyridine rings is 1. The molecule has 0 unspecified atom stereocenters. The van der Waals surface area contributed by atoms with Crippen molar-refractivity contribution in [3.05, 3.63) is 54.4 Å². The molecule has 9 nitrogen and oxygen atoms in total. The molecule has 1 saturated carbocycles. The summed E-state index contributed by atoms with van der Waals surface area (Å²) in [5.41, 5.74) is 0.602. The Kier molecular flexibility index (Phi) is 5.21. The van der Waals surface area contributed by atoms with Crippen molar-refractivity contribution in [3.8, 4) is 22.8 Å². The summed E-state index contributed by atoms with van der Waals surface area (Å²) in [4.78, 5) is 20.7. The van der Waals surface area contributed by atoms with Gasteiger partial charge in [0.2, 0.25) is 11.8 Å². The molecule has 5 rings (SSSR count). The molecule has 32 heavy (non-hydrogen) atoms. The van der Waals surface area contributed by atoms with Gasteiger partial charge in [0.25, 0.3) is 5.91 Å². The summed E-state index contributed by atoms with van der Waals surface area (Å²) in [6, 6.07) is 2.03.